The van der Waals surface area contributed by atoms with Crippen LogP contribution in [0, 0.1) is 0 Å². The molecule has 0 spiro atoms. The van der Waals surface area contributed by atoms with Crippen molar-refractivity contribution < 1.29 is 48.2 Å². The summed E-state index contributed by atoms with van der Waals surface area (Å²) in [5, 5.41) is 50.5. The van der Waals surface area contributed by atoms with E-state index in [1.807, 2.05) is 36.5 Å². The molecule has 0 bridgehead atoms. The second kappa shape index (κ2) is 16.4. The number of carbonyl (C=O) groups is 1. The summed E-state index contributed by atoms with van der Waals surface area (Å²) in [6.45, 7) is -0.611. The van der Waals surface area contributed by atoms with Crippen molar-refractivity contribution in [3.63, 3.8) is 0 Å². The lowest BCUT2D eigenvalue weighted by Crippen LogP contribution is -2.51. The predicted molar refractivity (Wildman–Crippen MR) is 184 cm³/mol. The van der Waals surface area contributed by atoms with Gasteiger partial charge >= 0.3 is 0 Å². The van der Waals surface area contributed by atoms with Crippen LogP contribution >= 0.6 is 11.6 Å². The molecule has 6 N–H and O–H groups in total. The normalized spacial score (nSPS) is 17.9. The minimum Gasteiger partial charge on any atom is -0.490 e. The highest BCUT2D eigenvalue weighted by atomic mass is 35.5. The van der Waals surface area contributed by atoms with Gasteiger partial charge in [-0.2, -0.15) is 0 Å². The molecule has 2 aromatic carbocycles. The van der Waals surface area contributed by atoms with E-state index in [-0.39, 0.29) is 30.7 Å². The van der Waals surface area contributed by atoms with Crippen LogP contribution in [0.25, 0.3) is 11.1 Å². The van der Waals surface area contributed by atoms with Gasteiger partial charge in [-0.3, -0.25) is 9.78 Å². The third-order valence-corrected chi connectivity index (χ3v) is 11.2. The molecule has 2 saturated carbocycles. The van der Waals surface area contributed by atoms with Gasteiger partial charge in [0.1, 0.15) is 24.1 Å². The van der Waals surface area contributed by atoms with E-state index in [1.54, 1.807) is 6.20 Å². The largest absolute Gasteiger partial charge is 0.490 e. The van der Waals surface area contributed by atoms with Crippen LogP contribution in [-0.4, -0.2) is 106 Å². The molecule has 0 saturated heterocycles. The molecule has 5 rings (SSSR count). The summed E-state index contributed by atoms with van der Waals surface area (Å²) >= 11 is 6.53. The lowest BCUT2D eigenvalue weighted by Gasteiger charge is -2.25. The molecule has 2 aliphatic carbocycles. The zero-order chi connectivity index (χ0) is 36.1. The average Bonchev–Trinajstić information content (AvgIpc) is 4.07. The van der Waals surface area contributed by atoms with Gasteiger partial charge in [0.25, 0.3) is 5.91 Å². The number of aromatic nitrogens is 1. The van der Waals surface area contributed by atoms with Gasteiger partial charge in [0.2, 0.25) is 10.0 Å². The van der Waals surface area contributed by atoms with Gasteiger partial charge in [0.15, 0.2) is 6.10 Å². The molecule has 2 fully saturated rings. The summed E-state index contributed by atoms with van der Waals surface area (Å²) in [6.07, 6.45) is 0.412. The summed E-state index contributed by atoms with van der Waals surface area (Å²) in [5.74, 6) is -0.169. The number of pyridine rings is 1. The third kappa shape index (κ3) is 8.99. The number of hydrogen-bond acceptors (Lipinski definition) is 11. The van der Waals surface area contributed by atoms with Crippen LogP contribution in [-0.2, 0) is 31.8 Å². The number of para-hydroxylation sites is 1. The molecule has 1 amide bonds. The van der Waals surface area contributed by atoms with Crippen molar-refractivity contribution >= 4 is 27.5 Å². The fourth-order valence-corrected chi connectivity index (χ4v) is 6.98. The second-order valence-corrected chi connectivity index (χ2v) is 15.2. The van der Waals surface area contributed by atoms with Crippen LogP contribution in [0.2, 0.25) is 5.02 Å². The maximum Gasteiger partial charge on any atom is 0.251 e. The Morgan fingerprint density at radius 2 is 1.80 bits per heavy atom. The fraction of sp³-hybridized carbons (Fsp3) is 0.486. The van der Waals surface area contributed by atoms with Crippen LogP contribution in [0.5, 0.6) is 5.75 Å². The molecule has 4 atom stereocenters. The van der Waals surface area contributed by atoms with Gasteiger partial charge in [-0.15, -0.1) is 0 Å². The van der Waals surface area contributed by atoms with E-state index < -0.39 is 52.6 Å². The Kier molecular flexibility index (Phi) is 12.5. The molecule has 2 aliphatic rings. The summed E-state index contributed by atoms with van der Waals surface area (Å²) < 4.78 is 40.8. The lowest BCUT2D eigenvalue weighted by atomic mass is 9.96. The van der Waals surface area contributed by atoms with Crippen molar-refractivity contribution in [3.8, 4) is 16.9 Å². The lowest BCUT2D eigenvalue weighted by molar-refractivity contribution is -0.148. The number of nitrogens with zero attached hydrogens (tertiary/aromatic N) is 2. The van der Waals surface area contributed by atoms with E-state index >= 15 is 0 Å². The van der Waals surface area contributed by atoms with Crippen LogP contribution in [0.4, 0.5) is 0 Å². The fourth-order valence-electron chi connectivity index (χ4n) is 5.55. The standard InChI is InChI=1S/C35H44ClN3O10S/c1-39(17-5-4-15-38-34(45)33(44)32(43)31(42)29(41)20-40)50(46,47)24-10-11-28(36)22(18-24)21-48-35(13-14-35)27-19-37-16-12-25(27)26-6-2-3-7-30(26)49-23-8-9-23/h2-3,6-7,10-12,16,18-19,23,29,31-33,40-44H,4-5,8-9,13-15,17,20-21H2,1H3,(H,38,45)/t29-,31+,32-,33-/m0/s1. The topological polar surface area (TPSA) is 199 Å². The number of carbonyl (C=O) groups excluding carboxylic acids is 1. The maximum absolute atomic E-state index is 13.5. The summed E-state index contributed by atoms with van der Waals surface area (Å²) in [7, 11) is -2.46. The van der Waals surface area contributed by atoms with Crippen molar-refractivity contribution in [2.24, 2.45) is 0 Å². The van der Waals surface area contributed by atoms with Crippen LogP contribution in [0.3, 0.4) is 0 Å². The van der Waals surface area contributed by atoms with E-state index in [0.29, 0.717) is 23.4 Å². The molecule has 272 valence electrons. The van der Waals surface area contributed by atoms with Gasteiger partial charge < -0.3 is 40.3 Å². The SMILES string of the molecule is CN(CCCCNC(=O)[C@@H](O)[C@@H](O)[C@H](O)[C@@H](O)CO)S(=O)(=O)c1ccc(Cl)c(COC2(c3cnccc3-c3ccccc3OC3CC3)CC2)c1. The number of nitrogens with one attached hydrogen (secondary N) is 1. The highest BCUT2D eigenvalue weighted by Crippen LogP contribution is 2.53. The van der Waals surface area contributed by atoms with E-state index in [1.165, 1.54) is 29.6 Å². The highest BCUT2D eigenvalue weighted by molar-refractivity contribution is 7.89. The Hall–Kier alpha value is -3.18. The van der Waals surface area contributed by atoms with Crippen LogP contribution < -0.4 is 10.1 Å². The Morgan fingerprint density at radius 1 is 1.06 bits per heavy atom. The van der Waals surface area contributed by atoms with E-state index in [4.69, 9.17) is 26.2 Å². The third-order valence-electron chi connectivity index (χ3n) is 8.96. The van der Waals surface area contributed by atoms with Gasteiger partial charge in [0.05, 0.1) is 29.8 Å². The highest BCUT2D eigenvalue weighted by Gasteiger charge is 2.48. The minimum atomic E-state index is -3.91. The number of halogens is 1. The molecule has 1 heterocycles. The molecule has 15 heteroatoms. The van der Waals surface area contributed by atoms with Crippen molar-refractivity contribution in [1.29, 1.82) is 0 Å². The van der Waals surface area contributed by atoms with Crippen molar-refractivity contribution in [3.05, 3.63) is 77.1 Å². The van der Waals surface area contributed by atoms with Crippen molar-refractivity contribution in [2.75, 3.05) is 26.7 Å². The zero-order valence-corrected chi connectivity index (χ0v) is 29.3. The van der Waals surface area contributed by atoms with Gasteiger partial charge in [0, 0.05) is 48.7 Å². The number of amides is 1. The molecule has 3 aromatic rings. The maximum atomic E-state index is 13.5. The molecular weight excluding hydrogens is 690 g/mol. The average molecular weight is 734 g/mol. The number of hydrogen-bond donors (Lipinski definition) is 6. The van der Waals surface area contributed by atoms with Crippen LogP contribution in [0.15, 0.2) is 65.8 Å². The molecular formula is C35H44ClN3O10S. The predicted octanol–water partition coefficient (Wildman–Crippen LogP) is 2.10. The van der Waals surface area contributed by atoms with Gasteiger partial charge in [-0.1, -0.05) is 29.8 Å². The Morgan fingerprint density at radius 3 is 2.50 bits per heavy atom. The molecule has 13 nitrogen and oxygen atoms in total. The first kappa shape index (κ1) is 38.1. The summed E-state index contributed by atoms with van der Waals surface area (Å²) in [4.78, 5) is 16.6. The number of aliphatic hydroxyl groups excluding tert-OH is 5. The van der Waals surface area contributed by atoms with Crippen molar-refractivity contribution in [2.45, 2.75) is 86.1 Å². The van der Waals surface area contributed by atoms with E-state index in [0.717, 1.165) is 48.1 Å². The van der Waals surface area contributed by atoms with Gasteiger partial charge in [-0.25, -0.2) is 12.7 Å². The van der Waals surface area contributed by atoms with Crippen molar-refractivity contribution in [1.82, 2.24) is 14.6 Å². The number of rotatable bonds is 19. The minimum absolute atomic E-state index is 0.0510. The first-order chi connectivity index (χ1) is 23.9. The zero-order valence-electron chi connectivity index (χ0n) is 27.7. The molecule has 0 aliphatic heterocycles. The first-order valence-electron chi connectivity index (χ1n) is 16.6. The van der Waals surface area contributed by atoms with Crippen LogP contribution in [0.1, 0.15) is 49.7 Å². The number of benzene rings is 2. The molecule has 50 heavy (non-hydrogen) atoms. The number of sulfonamides is 1. The smallest absolute Gasteiger partial charge is 0.251 e. The molecule has 0 radical (unpaired) electrons. The molecule has 1 aromatic heterocycles. The van der Waals surface area contributed by atoms with E-state index in [2.05, 4.69) is 10.3 Å². The Bertz CT molecular complexity index is 1740. The van der Waals surface area contributed by atoms with Gasteiger partial charge in [-0.05, 0) is 80.0 Å². The Balaban J connectivity index is 1.17. The monoisotopic (exact) mass is 733 g/mol. The molecule has 0 unspecified atom stereocenters. The summed E-state index contributed by atoms with van der Waals surface area (Å²) in [5.41, 5.74) is 2.80. The Labute approximate surface area is 296 Å². The second-order valence-electron chi connectivity index (χ2n) is 12.8. The first-order valence-corrected chi connectivity index (χ1v) is 18.4. The number of aliphatic hydroxyl groups is 5. The number of unbranched alkanes of at least 4 members (excludes halogenated alkanes) is 1. The number of ether oxygens (including phenoxy) is 2. The quantitative estimate of drug-likeness (QED) is 0.0987. The summed E-state index contributed by atoms with van der Waals surface area (Å²) in [6, 6.07) is 14.4. The van der Waals surface area contributed by atoms with E-state index in [9.17, 15) is 33.6 Å².